The van der Waals surface area contributed by atoms with Crippen molar-refractivity contribution in [1.82, 2.24) is 0 Å². The monoisotopic (exact) mass is 548 g/mol. The van der Waals surface area contributed by atoms with Crippen molar-refractivity contribution in [3.63, 3.8) is 0 Å². The van der Waals surface area contributed by atoms with Gasteiger partial charge >= 0.3 is 26.2 Å². The minimum absolute atomic E-state index is 0. The molecule has 2 aromatic carbocycles. The maximum atomic E-state index is 6.19. The second kappa shape index (κ2) is 11.6. The summed E-state index contributed by atoms with van der Waals surface area (Å²) in [7, 11) is -1.46. The third kappa shape index (κ3) is 6.12. The van der Waals surface area contributed by atoms with Gasteiger partial charge in [-0.1, -0.05) is 79.8 Å². The molecule has 2 aromatic rings. The van der Waals surface area contributed by atoms with E-state index in [1.165, 1.54) is 22.3 Å². The van der Waals surface area contributed by atoms with Crippen LogP contribution in [0.3, 0.4) is 0 Å². The van der Waals surface area contributed by atoms with Crippen molar-refractivity contribution in [1.29, 1.82) is 0 Å². The van der Waals surface area contributed by atoms with E-state index in [-0.39, 0.29) is 56.4 Å². The second-order valence-electron chi connectivity index (χ2n) is 9.50. The summed E-state index contributed by atoms with van der Waals surface area (Å²) >= 11 is 0. The topological polar surface area (TPSA) is 9.23 Å². The van der Waals surface area contributed by atoms with Crippen LogP contribution in [-0.2, 0) is 30.6 Å². The van der Waals surface area contributed by atoms with Gasteiger partial charge in [0.15, 0.2) is 8.32 Å². The Morgan fingerprint density at radius 3 is 1.71 bits per heavy atom. The molecule has 0 N–H and O–H groups in total. The zero-order valence-corrected chi connectivity index (χ0v) is 23.8. The van der Waals surface area contributed by atoms with E-state index in [4.69, 9.17) is 4.43 Å². The molecule has 164 valence electrons. The predicted octanol–water partition coefficient (Wildman–Crippen LogP) is 1.25. The van der Waals surface area contributed by atoms with Gasteiger partial charge in [0, 0.05) is 18.4 Å². The largest absolute Gasteiger partial charge is 2.00 e. The first-order valence-corrected chi connectivity index (χ1v) is 14.0. The Labute approximate surface area is 220 Å². The standard InChI is InChI=1S/C26H32OSi.2ClH.Zr/c1-26(18-9-19-27-28(2,3)4,24-16-14-20-10-5-7-12-22(20)24)25-17-15-21-11-6-8-13-23(21)25;;;/h5-8,10-17,24-25H,9,18-19H2,1-4H3;2*1H;/q;;;+2/p-2. The van der Waals surface area contributed by atoms with E-state index in [1.807, 2.05) is 0 Å². The molecule has 0 aliphatic heterocycles. The maximum Gasteiger partial charge on any atom is 2.00 e. The number of rotatable bonds is 7. The van der Waals surface area contributed by atoms with E-state index in [1.54, 1.807) is 0 Å². The Morgan fingerprint density at radius 1 is 0.806 bits per heavy atom. The first-order valence-electron chi connectivity index (χ1n) is 10.6. The predicted molar refractivity (Wildman–Crippen MR) is 123 cm³/mol. The summed E-state index contributed by atoms with van der Waals surface area (Å²) in [6.45, 7) is 10.2. The number of benzene rings is 2. The first kappa shape index (κ1) is 28.6. The number of hydrogen-bond donors (Lipinski definition) is 0. The first-order chi connectivity index (χ1) is 13.4. The van der Waals surface area contributed by atoms with E-state index in [0.717, 1.165) is 19.4 Å². The molecule has 0 fully saturated rings. The van der Waals surface area contributed by atoms with E-state index < -0.39 is 8.32 Å². The van der Waals surface area contributed by atoms with E-state index in [9.17, 15) is 0 Å². The van der Waals surface area contributed by atoms with E-state index in [2.05, 4.69) is 99.4 Å². The van der Waals surface area contributed by atoms with Crippen LogP contribution in [0.25, 0.3) is 12.2 Å². The van der Waals surface area contributed by atoms with Gasteiger partial charge in [-0.2, -0.15) is 0 Å². The summed E-state index contributed by atoms with van der Waals surface area (Å²) in [6.07, 6.45) is 11.8. The molecule has 0 amide bonds. The van der Waals surface area contributed by atoms with Gasteiger partial charge in [0.05, 0.1) is 0 Å². The van der Waals surface area contributed by atoms with Crippen molar-refractivity contribution < 1.29 is 55.4 Å². The van der Waals surface area contributed by atoms with Crippen LogP contribution in [0.4, 0.5) is 0 Å². The Bertz CT molecular complexity index is 858. The quantitative estimate of drug-likeness (QED) is 0.373. The number of halogens is 2. The molecule has 0 saturated carbocycles. The Balaban J connectivity index is 0.00000160. The Kier molecular flexibility index (Phi) is 10.7. The van der Waals surface area contributed by atoms with E-state index >= 15 is 0 Å². The van der Waals surface area contributed by atoms with Crippen LogP contribution < -0.4 is 24.8 Å². The molecule has 2 atom stereocenters. The van der Waals surface area contributed by atoms with Gasteiger partial charge in [0.1, 0.15) is 0 Å². The van der Waals surface area contributed by atoms with Crippen LogP contribution in [0, 0.1) is 5.41 Å². The SMILES string of the molecule is CC(CCCO[Si](C)(C)C)(C1C=Cc2ccccc21)C1C=Cc2ccccc21.[Cl-].[Cl-].[Zr+2]. The molecule has 5 heteroatoms. The second-order valence-corrected chi connectivity index (χ2v) is 14.0. The van der Waals surface area contributed by atoms with Crippen molar-refractivity contribution in [2.75, 3.05) is 6.61 Å². The summed E-state index contributed by atoms with van der Waals surface area (Å²) in [4.78, 5) is 0. The normalized spacial score (nSPS) is 20.0. The fourth-order valence-corrected chi connectivity index (χ4v) is 5.74. The van der Waals surface area contributed by atoms with Gasteiger partial charge in [-0.05, 0) is 60.2 Å². The maximum absolute atomic E-state index is 6.19. The third-order valence-electron chi connectivity index (χ3n) is 6.41. The van der Waals surface area contributed by atoms with Gasteiger partial charge < -0.3 is 29.2 Å². The van der Waals surface area contributed by atoms with Crippen LogP contribution >= 0.6 is 0 Å². The molecular weight excluding hydrogens is 519 g/mol. The Hall–Kier alpha value is -0.440. The fraction of sp³-hybridized carbons (Fsp3) is 0.385. The summed E-state index contributed by atoms with van der Waals surface area (Å²) in [6, 6.07) is 17.8. The average Bonchev–Trinajstić information content (AvgIpc) is 3.29. The molecular formula is C26H32Cl2OSiZr. The van der Waals surface area contributed by atoms with Crippen LogP contribution in [0.15, 0.2) is 60.7 Å². The number of hydrogen-bond acceptors (Lipinski definition) is 1. The minimum Gasteiger partial charge on any atom is -1.00 e. The Morgan fingerprint density at radius 2 is 1.26 bits per heavy atom. The van der Waals surface area contributed by atoms with Gasteiger partial charge in [-0.15, -0.1) is 0 Å². The molecule has 2 aliphatic rings. The van der Waals surface area contributed by atoms with Crippen molar-refractivity contribution in [3.05, 3.63) is 82.9 Å². The average molecular weight is 551 g/mol. The number of fused-ring (bicyclic) bond motifs is 2. The van der Waals surface area contributed by atoms with Crippen molar-refractivity contribution >= 4 is 20.5 Å². The molecule has 0 heterocycles. The van der Waals surface area contributed by atoms with Crippen LogP contribution in [0.1, 0.15) is 53.9 Å². The molecule has 4 rings (SSSR count). The zero-order valence-electron chi connectivity index (χ0n) is 18.9. The van der Waals surface area contributed by atoms with E-state index in [0.29, 0.717) is 11.8 Å². The van der Waals surface area contributed by atoms with Crippen molar-refractivity contribution in [3.8, 4) is 0 Å². The fourth-order valence-electron chi connectivity index (χ4n) is 4.98. The van der Waals surface area contributed by atoms with Gasteiger partial charge in [-0.25, -0.2) is 0 Å². The van der Waals surface area contributed by atoms with Crippen LogP contribution in [0.2, 0.25) is 19.6 Å². The molecule has 0 bridgehead atoms. The van der Waals surface area contributed by atoms with Crippen molar-refractivity contribution in [2.24, 2.45) is 5.41 Å². The summed E-state index contributed by atoms with van der Waals surface area (Å²) in [5.41, 5.74) is 5.86. The van der Waals surface area contributed by atoms with Crippen LogP contribution in [0.5, 0.6) is 0 Å². The number of allylic oxidation sites excluding steroid dienone is 2. The molecule has 2 aliphatic carbocycles. The minimum atomic E-state index is -1.46. The van der Waals surface area contributed by atoms with Gasteiger partial charge in [0.2, 0.25) is 0 Å². The molecule has 0 radical (unpaired) electrons. The molecule has 0 spiro atoms. The zero-order chi connectivity index (χ0) is 19.8. The smallest absolute Gasteiger partial charge is 1.00 e. The summed E-state index contributed by atoms with van der Waals surface area (Å²) < 4.78 is 6.19. The summed E-state index contributed by atoms with van der Waals surface area (Å²) in [5.74, 6) is 0.882. The van der Waals surface area contributed by atoms with Gasteiger partial charge in [0.25, 0.3) is 0 Å². The van der Waals surface area contributed by atoms with Crippen LogP contribution in [-0.4, -0.2) is 14.9 Å². The third-order valence-corrected chi connectivity index (χ3v) is 7.48. The molecule has 0 saturated heterocycles. The van der Waals surface area contributed by atoms with Gasteiger partial charge in [-0.3, -0.25) is 0 Å². The molecule has 1 nitrogen and oxygen atoms in total. The molecule has 31 heavy (non-hydrogen) atoms. The molecule has 0 aromatic heterocycles. The van der Waals surface area contributed by atoms with Crippen molar-refractivity contribution in [2.45, 2.75) is 51.2 Å². The molecule has 2 unspecified atom stereocenters. The summed E-state index contributed by atoms with van der Waals surface area (Å²) in [5, 5.41) is 0.